The summed E-state index contributed by atoms with van der Waals surface area (Å²) in [6, 6.07) is 0.254. The fourth-order valence-electron chi connectivity index (χ4n) is 2.34. The molecule has 1 aliphatic carbocycles. The third kappa shape index (κ3) is 1.98. The van der Waals surface area contributed by atoms with Gasteiger partial charge in [-0.2, -0.15) is 0 Å². The van der Waals surface area contributed by atoms with E-state index in [1.165, 1.54) is 0 Å². The van der Waals surface area contributed by atoms with Crippen LogP contribution in [0.25, 0.3) is 0 Å². The molecule has 0 aromatic rings. The molecule has 1 fully saturated rings. The van der Waals surface area contributed by atoms with E-state index in [0.29, 0.717) is 5.91 Å². The molecule has 0 radical (unpaired) electrons. The number of amides is 1. The second-order valence-corrected chi connectivity index (χ2v) is 4.31. The Hall–Kier alpha value is -0.830. The highest BCUT2D eigenvalue weighted by atomic mass is 16.2. The first-order valence-corrected chi connectivity index (χ1v) is 5.47. The lowest BCUT2D eigenvalue weighted by Crippen LogP contribution is -2.37. The molecule has 0 aromatic heterocycles. The SMILES string of the molecule is NC1CCC(C(=O)N2CC=CCC2)C1. The summed E-state index contributed by atoms with van der Waals surface area (Å²) in [4.78, 5) is 13.9. The van der Waals surface area contributed by atoms with E-state index in [9.17, 15) is 4.79 Å². The highest BCUT2D eigenvalue weighted by Crippen LogP contribution is 2.26. The molecule has 0 aromatic carbocycles. The number of hydrogen-bond acceptors (Lipinski definition) is 2. The average Bonchev–Trinajstić information content (AvgIpc) is 2.65. The Morgan fingerprint density at radius 2 is 2.21 bits per heavy atom. The van der Waals surface area contributed by atoms with Crippen molar-refractivity contribution in [2.75, 3.05) is 13.1 Å². The second-order valence-electron chi connectivity index (χ2n) is 4.31. The molecule has 2 rings (SSSR count). The van der Waals surface area contributed by atoms with Gasteiger partial charge in [0.1, 0.15) is 0 Å². The smallest absolute Gasteiger partial charge is 0.226 e. The van der Waals surface area contributed by atoms with E-state index in [2.05, 4.69) is 12.2 Å². The zero-order valence-electron chi connectivity index (χ0n) is 8.48. The summed E-state index contributed by atoms with van der Waals surface area (Å²) in [5.41, 5.74) is 5.81. The largest absolute Gasteiger partial charge is 0.338 e. The van der Waals surface area contributed by atoms with Gasteiger partial charge in [-0.15, -0.1) is 0 Å². The van der Waals surface area contributed by atoms with Crippen molar-refractivity contribution < 1.29 is 4.79 Å². The van der Waals surface area contributed by atoms with Crippen molar-refractivity contribution in [2.45, 2.75) is 31.7 Å². The number of rotatable bonds is 1. The van der Waals surface area contributed by atoms with Crippen LogP contribution < -0.4 is 5.73 Å². The highest BCUT2D eigenvalue weighted by molar-refractivity contribution is 5.79. The molecule has 1 aliphatic heterocycles. The maximum absolute atomic E-state index is 12.0. The molecule has 2 N–H and O–H groups in total. The minimum absolute atomic E-state index is 0.205. The van der Waals surface area contributed by atoms with Crippen molar-refractivity contribution >= 4 is 5.91 Å². The lowest BCUT2D eigenvalue weighted by molar-refractivity contribution is -0.135. The minimum Gasteiger partial charge on any atom is -0.338 e. The predicted molar refractivity (Wildman–Crippen MR) is 55.7 cm³/mol. The van der Waals surface area contributed by atoms with Crippen molar-refractivity contribution in [3.63, 3.8) is 0 Å². The maximum atomic E-state index is 12.0. The van der Waals surface area contributed by atoms with Crippen LogP contribution in [0, 0.1) is 5.92 Å². The Kier molecular flexibility index (Phi) is 2.87. The van der Waals surface area contributed by atoms with Gasteiger partial charge < -0.3 is 10.6 Å². The van der Waals surface area contributed by atoms with Gasteiger partial charge in [-0.3, -0.25) is 4.79 Å². The number of carbonyl (C=O) groups excluding carboxylic acids is 1. The van der Waals surface area contributed by atoms with E-state index in [0.717, 1.165) is 38.8 Å². The minimum atomic E-state index is 0.205. The van der Waals surface area contributed by atoms with E-state index < -0.39 is 0 Å². The number of hydrogen-bond donors (Lipinski definition) is 1. The van der Waals surface area contributed by atoms with Gasteiger partial charge in [0.05, 0.1) is 0 Å². The normalized spacial score (nSPS) is 32.2. The quantitative estimate of drug-likeness (QED) is 0.630. The topological polar surface area (TPSA) is 46.3 Å². The third-order valence-electron chi connectivity index (χ3n) is 3.19. The van der Waals surface area contributed by atoms with Crippen LogP contribution in [0.15, 0.2) is 12.2 Å². The molecule has 3 nitrogen and oxygen atoms in total. The van der Waals surface area contributed by atoms with Crippen molar-refractivity contribution in [2.24, 2.45) is 11.7 Å². The van der Waals surface area contributed by atoms with E-state index in [1.807, 2.05) is 4.90 Å². The van der Waals surface area contributed by atoms with Crippen LogP contribution in [0.1, 0.15) is 25.7 Å². The van der Waals surface area contributed by atoms with Crippen LogP contribution in [0.4, 0.5) is 0 Å². The first-order chi connectivity index (χ1) is 6.77. The molecule has 1 saturated carbocycles. The van der Waals surface area contributed by atoms with Gasteiger partial charge in [-0.05, 0) is 25.7 Å². The van der Waals surface area contributed by atoms with E-state index in [1.54, 1.807) is 0 Å². The lowest BCUT2D eigenvalue weighted by atomic mass is 10.1. The molecule has 3 heteroatoms. The molecular formula is C11H18N2O. The highest BCUT2D eigenvalue weighted by Gasteiger charge is 2.30. The summed E-state index contributed by atoms with van der Waals surface area (Å²) in [7, 11) is 0. The van der Waals surface area contributed by atoms with E-state index in [4.69, 9.17) is 5.73 Å². The summed E-state index contributed by atoms with van der Waals surface area (Å²) >= 11 is 0. The van der Waals surface area contributed by atoms with Gasteiger partial charge in [-0.1, -0.05) is 12.2 Å². The monoisotopic (exact) mass is 194 g/mol. The second kappa shape index (κ2) is 4.13. The van der Waals surface area contributed by atoms with Gasteiger partial charge in [0.2, 0.25) is 5.91 Å². The van der Waals surface area contributed by atoms with Gasteiger partial charge in [0, 0.05) is 25.0 Å². The third-order valence-corrected chi connectivity index (χ3v) is 3.19. The van der Waals surface area contributed by atoms with Crippen LogP contribution in [0.5, 0.6) is 0 Å². The number of nitrogens with two attached hydrogens (primary N) is 1. The molecule has 78 valence electrons. The van der Waals surface area contributed by atoms with Gasteiger partial charge in [0.15, 0.2) is 0 Å². The van der Waals surface area contributed by atoms with Crippen molar-refractivity contribution in [1.29, 1.82) is 0 Å². The predicted octanol–water partition coefficient (Wildman–Crippen LogP) is 0.902. The lowest BCUT2D eigenvalue weighted by Gasteiger charge is -2.26. The molecule has 2 unspecified atom stereocenters. The molecule has 1 amide bonds. The molecule has 2 aliphatic rings. The first kappa shape index (κ1) is 9.71. The average molecular weight is 194 g/mol. The molecule has 1 heterocycles. The summed E-state index contributed by atoms with van der Waals surface area (Å²) in [5, 5.41) is 0. The summed E-state index contributed by atoms with van der Waals surface area (Å²) in [5.74, 6) is 0.527. The van der Waals surface area contributed by atoms with Crippen LogP contribution in [0.3, 0.4) is 0 Å². The molecule has 0 saturated heterocycles. The molecule has 0 spiro atoms. The standard InChI is InChI=1S/C11H18N2O/c12-10-5-4-9(8-10)11(14)13-6-2-1-3-7-13/h1-2,9-10H,3-8,12H2. The molecular weight excluding hydrogens is 176 g/mol. The Morgan fingerprint density at radius 1 is 1.36 bits per heavy atom. The summed E-state index contributed by atoms with van der Waals surface area (Å²) < 4.78 is 0. The van der Waals surface area contributed by atoms with Crippen LogP contribution in [-0.2, 0) is 4.79 Å². The zero-order valence-corrected chi connectivity index (χ0v) is 8.48. The van der Waals surface area contributed by atoms with Crippen molar-refractivity contribution in [3.05, 3.63) is 12.2 Å². The van der Waals surface area contributed by atoms with Gasteiger partial charge in [-0.25, -0.2) is 0 Å². The van der Waals surface area contributed by atoms with Gasteiger partial charge >= 0.3 is 0 Å². The van der Waals surface area contributed by atoms with Crippen molar-refractivity contribution in [3.8, 4) is 0 Å². The number of carbonyl (C=O) groups is 1. The summed E-state index contributed by atoms with van der Waals surface area (Å²) in [6.45, 7) is 1.69. The molecule has 14 heavy (non-hydrogen) atoms. The maximum Gasteiger partial charge on any atom is 0.226 e. The summed E-state index contributed by atoms with van der Waals surface area (Å²) in [6.07, 6.45) is 8.12. The Morgan fingerprint density at radius 3 is 2.79 bits per heavy atom. The van der Waals surface area contributed by atoms with Gasteiger partial charge in [0.25, 0.3) is 0 Å². The fraction of sp³-hybridized carbons (Fsp3) is 0.727. The Bertz CT molecular complexity index is 250. The number of nitrogens with zero attached hydrogens (tertiary/aromatic N) is 1. The van der Waals surface area contributed by atoms with E-state index in [-0.39, 0.29) is 12.0 Å². The van der Waals surface area contributed by atoms with E-state index >= 15 is 0 Å². The molecule has 0 bridgehead atoms. The van der Waals surface area contributed by atoms with Crippen LogP contribution in [-0.4, -0.2) is 29.9 Å². The fourth-order valence-corrected chi connectivity index (χ4v) is 2.34. The van der Waals surface area contributed by atoms with Crippen LogP contribution in [0.2, 0.25) is 0 Å². The Balaban J connectivity index is 1.91. The van der Waals surface area contributed by atoms with Crippen LogP contribution >= 0.6 is 0 Å². The zero-order chi connectivity index (χ0) is 9.97. The first-order valence-electron chi connectivity index (χ1n) is 5.47. The Labute approximate surface area is 84.9 Å². The van der Waals surface area contributed by atoms with Crippen molar-refractivity contribution in [1.82, 2.24) is 4.90 Å². The molecule has 2 atom stereocenters.